The maximum atomic E-state index is 12.6. The van der Waals surface area contributed by atoms with E-state index in [0.29, 0.717) is 25.1 Å². The first kappa shape index (κ1) is 17.9. The van der Waals surface area contributed by atoms with Crippen molar-refractivity contribution >= 4 is 11.7 Å². The molecule has 3 heterocycles. The highest BCUT2D eigenvalue weighted by Crippen LogP contribution is 2.20. The summed E-state index contributed by atoms with van der Waals surface area (Å²) in [6.07, 6.45) is 5.63. The van der Waals surface area contributed by atoms with Gasteiger partial charge in [0.2, 0.25) is 5.91 Å². The van der Waals surface area contributed by atoms with Gasteiger partial charge in [0.25, 0.3) is 0 Å². The molecule has 0 unspecified atom stereocenters. The molecule has 2 aromatic rings. The van der Waals surface area contributed by atoms with Crippen molar-refractivity contribution in [3.63, 3.8) is 0 Å². The molecule has 0 aromatic carbocycles. The van der Waals surface area contributed by atoms with E-state index in [-0.39, 0.29) is 5.91 Å². The maximum Gasteiger partial charge on any atom is 0.222 e. The van der Waals surface area contributed by atoms with Crippen LogP contribution in [0.1, 0.15) is 29.7 Å². The average molecular weight is 349 g/mol. The highest BCUT2D eigenvalue weighted by atomic mass is 16.2. The van der Waals surface area contributed by atoms with Crippen molar-refractivity contribution < 1.29 is 4.79 Å². The molecule has 26 heavy (non-hydrogen) atoms. The number of carbonyl (C=O) groups excluding carboxylic acids is 1. The largest absolute Gasteiger partial charge is 0.354 e. The van der Waals surface area contributed by atoms with Gasteiger partial charge in [0.05, 0.1) is 5.56 Å². The van der Waals surface area contributed by atoms with Gasteiger partial charge in [-0.05, 0) is 49.6 Å². The quantitative estimate of drug-likeness (QED) is 0.847. The van der Waals surface area contributed by atoms with Crippen molar-refractivity contribution in [3.05, 3.63) is 53.5 Å². The van der Waals surface area contributed by atoms with Gasteiger partial charge in [0.1, 0.15) is 11.9 Å². The van der Waals surface area contributed by atoms with Gasteiger partial charge in [-0.25, -0.2) is 4.98 Å². The van der Waals surface area contributed by atoms with Crippen LogP contribution in [0.25, 0.3) is 0 Å². The molecule has 2 aromatic heterocycles. The van der Waals surface area contributed by atoms with Crippen LogP contribution in [0.4, 0.5) is 5.82 Å². The summed E-state index contributed by atoms with van der Waals surface area (Å²) in [6, 6.07) is 9.80. The number of aryl methyl sites for hydroxylation is 2. The molecule has 0 atom stereocenters. The fourth-order valence-corrected chi connectivity index (χ4v) is 3.21. The summed E-state index contributed by atoms with van der Waals surface area (Å²) in [5, 5.41) is 9.34. The smallest absolute Gasteiger partial charge is 0.222 e. The summed E-state index contributed by atoms with van der Waals surface area (Å²) in [5.74, 6) is 0.917. The van der Waals surface area contributed by atoms with E-state index in [0.717, 1.165) is 43.0 Å². The van der Waals surface area contributed by atoms with Crippen molar-refractivity contribution in [2.45, 2.75) is 26.2 Å². The Morgan fingerprint density at radius 3 is 2.73 bits per heavy atom. The highest BCUT2D eigenvalue weighted by molar-refractivity contribution is 5.76. The Hall–Kier alpha value is -2.94. The molecule has 1 aliphatic heterocycles. The first-order valence-electron chi connectivity index (χ1n) is 8.97. The van der Waals surface area contributed by atoms with Gasteiger partial charge in [0, 0.05) is 50.7 Å². The van der Waals surface area contributed by atoms with Crippen molar-refractivity contribution in [1.82, 2.24) is 14.9 Å². The molecule has 134 valence electrons. The molecule has 0 aliphatic carbocycles. The lowest BCUT2D eigenvalue weighted by molar-refractivity contribution is -0.130. The number of anilines is 1. The van der Waals surface area contributed by atoms with Crippen molar-refractivity contribution in [1.29, 1.82) is 5.26 Å². The van der Waals surface area contributed by atoms with Gasteiger partial charge in [-0.1, -0.05) is 0 Å². The lowest BCUT2D eigenvalue weighted by atomic mass is 10.1. The number of nitrogens with zero attached hydrogens (tertiary/aromatic N) is 5. The first-order chi connectivity index (χ1) is 12.7. The lowest BCUT2D eigenvalue weighted by Crippen LogP contribution is -2.35. The predicted octanol–water partition coefficient (Wildman–Crippen LogP) is 2.33. The fourth-order valence-electron chi connectivity index (χ4n) is 3.21. The fraction of sp³-hybridized carbons (Fsp3) is 0.400. The molecule has 1 amide bonds. The van der Waals surface area contributed by atoms with Gasteiger partial charge in [0.15, 0.2) is 0 Å². The standard InChI is InChI=1S/C20H23N5O/c1-16-3-5-18(15-21)20(23-16)25-12-2-11-24(13-14-25)19(26)6-4-17-7-9-22-10-8-17/h3,5,7-10H,2,4,6,11-14H2,1H3. The summed E-state index contributed by atoms with van der Waals surface area (Å²) < 4.78 is 0. The molecule has 6 nitrogen and oxygen atoms in total. The van der Waals surface area contributed by atoms with Crippen LogP contribution in [0.15, 0.2) is 36.7 Å². The Labute approximate surface area is 154 Å². The Balaban J connectivity index is 1.60. The van der Waals surface area contributed by atoms with E-state index in [1.54, 1.807) is 12.4 Å². The number of aromatic nitrogens is 2. The number of rotatable bonds is 4. The zero-order chi connectivity index (χ0) is 18.4. The van der Waals surface area contributed by atoms with Gasteiger partial charge in [-0.3, -0.25) is 9.78 Å². The summed E-state index contributed by atoms with van der Waals surface area (Å²) in [5.41, 5.74) is 2.62. The van der Waals surface area contributed by atoms with Crippen LogP contribution in [0.2, 0.25) is 0 Å². The van der Waals surface area contributed by atoms with E-state index in [9.17, 15) is 10.1 Å². The average Bonchev–Trinajstić information content (AvgIpc) is 2.93. The van der Waals surface area contributed by atoms with Gasteiger partial charge >= 0.3 is 0 Å². The second kappa shape index (κ2) is 8.43. The Morgan fingerprint density at radius 2 is 1.96 bits per heavy atom. The van der Waals surface area contributed by atoms with Crippen molar-refractivity contribution in [2.75, 3.05) is 31.1 Å². The van der Waals surface area contributed by atoms with Crippen molar-refractivity contribution in [2.24, 2.45) is 0 Å². The zero-order valence-corrected chi connectivity index (χ0v) is 15.1. The predicted molar refractivity (Wildman–Crippen MR) is 99.7 cm³/mol. The Morgan fingerprint density at radius 1 is 1.15 bits per heavy atom. The third-order valence-corrected chi connectivity index (χ3v) is 4.66. The van der Waals surface area contributed by atoms with Crippen LogP contribution < -0.4 is 4.90 Å². The molecule has 0 bridgehead atoms. The van der Waals surface area contributed by atoms with Gasteiger partial charge in [-0.15, -0.1) is 0 Å². The number of carbonyl (C=O) groups is 1. The zero-order valence-electron chi connectivity index (χ0n) is 15.1. The van der Waals surface area contributed by atoms with Gasteiger partial charge in [-0.2, -0.15) is 5.26 Å². The molecule has 1 fully saturated rings. The summed E-state index contributed by atoms with van der Waals surface area (Å²) in [7, 11) is 0. The minimum atomic E-state index is 0.182. The van der Waals surface area contributed by atoms with Crippen LogP contribution in [0.5, 0.6) is 0 Å². The van der Waals surface area contributed by atoms with E-state index in [1.807, 2.05) is 36.1 Å². The SMILES string of the molecule is Cc1ccc(C#N)c(N2CCCN(C(=O)CCc3ccncc3)CC2)n1. The number of pyridine rings is 2. The molecule has 6 heteroatoms. The Bertz CT molecular complexity index is 800. The minimum Gasteiger partial charge on any atom is -0.354 e. The second-order valence-electron chi connectivity index (χ2n) is 6.51. The topological polar surface area (TPSA) is 73.1 Å². The highest BCUT2D eigenvalue weighted by Gasteiger charge is 2.21. The van der Waals surface area contributed by atoms with Gasteiger partial charge < -0.3 is 9.80 Å². The van der Waals surface area contributed by atoms with E-state index in [4.69, 9.17) is 0 Å². The summed E-state index contributed by atoms with van der Waals surface area (Å²) >= 11 is 0. The molecular weight excluding hydrogens is 326 g/mol. The number of nitriles is 1. The molecule has 0 spiro atoms. The van der Waals surface area contributed by atoms with E-state index >= 15 is 0 Å². The van der Waals surface area contributed by atoms with E-state index in [2.05, 4.69) is 20.9 Å². The van der Waals surface area contributed by atoms with E-state index in [1.165, 1.54) is 0 Å². The normalized spacial score (nSPS) is 14.6. The van der Waals surface area contributed by atoms with Crippen LogP contribution in [-0.2, 0) is 11.2 Å². The molecule has 1 saturated heterocycles. The van der Waals surface area contributed by atoms with Crippen LogP contribution in [-0.4, -0.2) is 47.0 Å². The van der Waals surface area contributed by atoms with Crippen molar-refractivity contribution in [3.8, 4) is 6.07 Å². The minimum absolute atomic E-state index is 0.182. The summed E-state index contributed by atoms with van der Waals surface area (Å²) in [6.45, 7) is 4.85. The molecular formula is C20H23N5O. The first-order valence-corrected chi connectivity index (χ1v) is 8.97. The van der Waals surface area contributed by atoms with Crippen LogP contribution >= 0.6 is 0 Å². The van der Waals surface area contributed by atoms with E-state index < -0.39 is 0 Å². The number of hydrogen-bond donors (Lipinski definition) is 0. The lowest BCUT2D eigenvalue weighted by Gasteiger charge is -2.24. The molecule has 3 rings (SSSR count). The van der Waals surface area contributed by atoms with Crippen LogP contribution in [0.3, 0.4) is 0 Å². The third kappa shape index (κ3) is 4.37. The maximum absolute atomic E-state index is 12.6. The molecule has 1 aliphatic rings. The second-order valence-corrected chi connectivity index (χ2v) is 6.51. The molecule has 0 saturated carbocycles. The summed E-state index contributed by atoms with van der Waals surface area (Å²) in [4.78, 5) is 25.2. The Kier molecular flexibility index (Phi) is 5.80. The molecule has 0 radical (unpaired) electrons. The molecule has 0 N–H and O–H groups in total. The number of amides is 1. The van der Waals surface area contributed by atoms with Crippen LogP contribution in [0, 0.1) is 18.3 Å². The number of hydrogen-bond acceptors (Lipinski definition) is 5. The third-order valence-electron chi connectivity index (χ3n) is 4.66. The monoisotopic (exact) mass is 349 g/mol.